The second-order valence-electron chi connectivity index (χ2n) is 3.56. The molecule has 0 spiro atoms. The lowest BCUT2D eigenvalue weighted by molar-refractivity contribution is 0.0980. The summed E-state index contributed by atoms with van der Waals surface area (Å²) in [6.45, 7) is 4.40. The molecule has 0 aliphatic heterocycles. The summed E-state index contributed by atoms with van der Waals surface area (Å²) in [7, 11) is 0. The summed E-state index contributed by atoms with van der Waals surface area (Å²) in [5.74, 6) is 3.17. The van der Waals surface area contributed by atoms with E-state index >= 15 is 0 Å². The van der Waals surface area contributed by atoms with Gasteiger partial charge in [-0.05, 0) is 26.0 Å². The van der Waals surface area contributed by atoms with Gasteiger partial charge < -0.3 is 4.74 Å². The first-order valence-electron chi connectivity index (χ1n) is 5.39. The van der Waals surface area contributed by atoms with Crippen LogP contribution in [0.2, 0.25) is 0 Å². The molecule has 0 atom stereocenters. The van der Waals surface area contributed by atoms with Crippen LogP contribution in [0.25, 0.3) is 0 Å². The van der Waals surface area contributed by atoms with Crippen molar-refractivity contribution in [2.75, 3.05) is 6.61 Å². The van der Waals surface area contributed by atoms with Crippen LogP contribution in [0.5, 0.6) is 5.75 Å². The zero-order valence-electron chi connectivity index (χ0n) is 9.75. The molecule has 0 aliphatic carbocycles. The molecule has 2 nitrogen and oxygen atoms in total. The monoisotopic (exact) mass is 216 g/mol. The molecule has 0 bridgehead atoms. The number of carbonyl (C=O) groups excluding carboxylic acids is 1. The van der Waals surface area contributed by atoms with Gasteiger partial charge in [0.15, 0.2) is 5.78 Å². The van der Waals surface area contributed by atoms with Crippen molar-refractivity contribution >= 4 is 5.78 Å². The highest BCUT2D eigenvalue weighted by Gasteiger charge is 2.11. The first kappa shape index (κ1) is 12.3. The fourth-order valence-electron chi connectivity index (χ4n) is 1.46. The summed E-state index contributed by atoms with van der Waals surface area (Å²) >= 11 is 0. The van der Waals surface area contributed by atoms with Crippen LogP contribution in [-0.2, 0) is 0 Å². The van der Waals surface area contributed by atoms with Crippen molar-refractivity contribution in [3.63, 3.8) is 0 Å². The number of ketones is 1. The Morgan fingerprint density at radius 3 is 2.88 bits per heavy atom. The van der Waals surface area contributed by atoms with Crippen LogP contribution in [0.1, 0.15) is 35.7 Å². The average Bonchev–Trinajstić information content (AvgIpc) is 2.28. The molecule has 0 N–H and O–H groups in total. The van der Waals surface area contributed by atoms with Crippen molar-refractivity contribution in [1.29, 1.82) is 0 Å². The van der Waals surface area contributed by atoms with Gasteiger partial charge in [-0.25, -0.2) is 0 Å². The maximum Gasteiger partial charge on any atom is 0.167 e. The molecule has 16 heavy (non-hydrogen) atoms. The number of carbonyl (C=O) groups is 1. The minimum absolute atomic E-state index is 0.0464. The fraction of sp³-hybridized carbons (Fsp3) is 0.357. The molecule has 0 aromatic heterocycles. The predicted octanol–water partition coefficient (Wildman–Crippen LogP) is 2.99. The SMILES string of the molecule is C#CCCC(=O)c1cc(C)ccc1OCC. The van der Waals surface area contributed by atoms with Crippen molar-refractivity contribution < 1.29 is 9.53 Å². The maximum atomic E-state index is 11.9. The van der Waals surface area contributed by atoms with Crippen LogP contribution in [0.15, 0.2) is 18.2 Å². The Morgan fingerprint density at radius 2 is 2.25 bits per heavy atom. The molecule has 1 aromatic rings. The number of ether oxygens (including phenoxy) is 1. The third kappa shape index (κ3) is 3.13. The van der Waals surface area contributed by atoms with E-state index in [1.165, 1.54) is 0 Å². The first-order valence-corrected chi connectivity index (χ1v) is 5.39. The Balaban J connectivity index is 2.95. The van der Waals surface area contributed by atoms with Crippen LogP contribution in [0.4, 0.5) is 0 Å². The largest absolute Gasteiger partial charge is 0.493 e. The highest BCUT2D eigenvalue weighted by Crippen LogP contribution is 2.22. The van der Waals surface area contributed by atoms with Crippen molar-refractivity contribution in [2.45, 2.75) is 26.7 Å². The van der Waals surface area contributed by atoms with Crippen molar-refractivity contribution in [1.82, 2.24) is 0 Å². The van der Waals surface area contributed by atoms with Gasteiger partial charge in [-0.2, -0.15) is 0 Å². The highest BCUT2D eigenvalue weighted by atomic mass is 16.5. The standard InChI is InChI=1S/C14H16O2/c1-4-6-7-13(15)12-10-11(3)8-9-14(12)16-5-2/h1,8-10H,5-7H2,2-3H3. The lowest BCUT2D eigenvalue weighted by Gasteiger charge is -2.09. The topological polar surface area (TPSA) is 26.3 Å². The van der Waals surface area contributed by atoms with Crippen molar-refractivity contribution in [3.05, 3.63) is 29.3 Å². The molecule has 2 heteroatoms. The molecule has 0 unspecified atom stereocenters. The quantitative estimate of drug-likeness (QED) is 0.558. The summed E-state index contributed by atoms with van der Waals surface area (Å²) in [6.07, 6.45) is 5.99. The van der Waals surface area contributed by atoms with E-state index in [4.69, 9.17) is 11.2 Å². The number of terminal acetylenes is 1. The number of Topliss-reactive ketones (excluding diaryl/α,β-unsaturated/α-hetero) is 1. The van der Waals surface area contributed by atoms with Crippen LogP contribution in [0.3, 0.4) is 0 Å². The zero-order chi connectivity index (χ0) is 12.0. The first-order chi connectivity index (χ1) is 7.69. The molecule has 0 saturated heterocycles. The van der Waals surface area contributed by atoms with E-state index in [0.29, 0.717) is 30.8 Å². The fourth-order valence-corrected chi connectivity index (χ4v) is 1.46. The van der Waals surface area contributed by atoms with Gasteiger partial charge in [-0.15, -0.1) is 12.3 Å². The van der Waals surface area contributed by atoms with E-state index in [-0.39, 0.29) is 5.78 Å². The lowest BCUT2D eigenvalue weighted by Crippen LogP contribution is -2.04. The van der Waals surface area contributed by atoms with Gasteiger partial charge in [-0.3, -0.25) is 4.79 Å². The summed E-state index contributed by atoms with van der Waals surface area (Å²) in [5.41, 5.74) is 1.68. The van der Waals surface area contributed by atoms with E-state index in [1.807, 2.05) is 32.0 Å². The predicted molar refractivity (Wildman–Crippen MR) is 64.7 cm³/mol. The van der Waals surface area contributed by atoms with Gasteiger partial charge in [0, 0.05) is 12.8 Å². The van der Waals surface area contributed by atoms with Crippen molar-refractivity contribution in [2.24, 2.45) is 0 Å². The Morgan fingerprint density at radius 1 is 1.50 bits per heavy atom. The van der Waals surface area contributed by atoms with Gasteiger partial charge in [0.2, 0.25) is 0 Å². The summed E-state index contributed by atoms with van der Waals surface area (Å²) in [4.78, 5) is 11.9. The second-order valence-corrected chi connectivity index (χ2v) is 3.56. The van der Waals surface area contributed by atoms with Crippen LogP contribution < -0.4 is 4.74 Å². The Bertz CT molecular complexity index is 413. The minimum Gasteiger partial charge on any atom is -0.493 e. The number of benzene rings is 1. The molecular formula is C14H16O2. The Hall–Kier alpha value is -1.75. The maximum absolute atomic E-state index is 11.9. The average molecular weight is 216 g/mol. The van der Waals surface area contributed by atoms with Gasteiger partial charge in [0.05, 0.1) is 12.2 Å². The molecule has 0 fully saturated rings. The molecule has 0 aliphatic rings. The van der Waals surface area contributed by atoms with E-state index in [2.05, 4.69) is 5.92 Å². The molecule has 1 rings (SSSR count). The van der Waals surface area contributed by atoms with Crippen LogP contribution >= 0.6 is 0 Å². The van der Waals surface area contributed by atoms with Gasteiger partial charge in [-0.1, -0.05) is 11.6 Å². The normalized spacial score (nSPS) is 9.56. The van der Waals surface area contributed by atoms with E-state index < -0.39 is 0 Å². The Labute approximate surface area is 96.6 Å². The molecule has 1 aromatic carbocycles. The lowest BCUT2D eigenvalue weighted by atomic mass is 10.0. The third-order valence-corrected chi connectivity index (χ3v) is 2.23. The smallest absolute Gasteiger partial charge is 0.167 e. The van der Waals surface area contributed by atoms with E-state index in [1.54, 1.807) is 0 Å². The third-order valence-electron chi connectivity index (χ3n) is 2.23. The Kier molecular flexibility index (Phi) is 4.60. The second kappa shape index (κ2) is 5.97. The van der Waals surface area contributed by atoms with Crippen molar-refractivity contribution in [3.8, 4) is 18.1 Å². The van der Waals surface area contributed by atoms with E-state index in [0.717, 1.165) is 5.56 Å². The number of hydrogen-bond acceptors (Lipinski definition) is 2. The number of aryl methyl sites for hydroxylation is 1. The molecule has 0 radical (unpaired) electrons. The highest BCUT2D eigenvalue weighted by molar-refractivity contribution is 5.98. The summed E-state index contributed by atoms with van der Waals surface area (Å²) in [6, 6.07) is 5.62. The van der Waals surface area contributed by atoms with Crippen LogP contribution in [-0.4, -0.2) is 12.4 Å². The summed E-state index contributed by atoms with van der Waals surface area (Å²) in [5, 5.41) is 0. The minimum atomic E-state index is 0.0464. The summed E-state index contributed by atoms with van der Waals surface area (Å²) < 4.78 is 5.42. The molecular weight excluding hydrogens is 200 g/mol. The van der Waals surface area contributed by atoms with Gasteiger partial charge in [0.25, 0.3) is 0 Å². The molecule has 0 amide bonds. The zero-order valence-corrected chi connectivity index (χ0v) is 9.75. The van der Waals surface area contributed by atoms with Gasteiger partial charge >= 0.3 is 0 Å². The number of rotatable bonds is 5. The molecule has 84 valence electrons. The molecule has 0 saturated carbocycles. The number of hydrogen-bond donors (Lipinski definition) is 0. The van der Waals surface area contributed by atoms with Crippen LogP contribution in [0, 0.1) is 19.3 Å². The van der Waals surface area contributed by atoms with E-state index in [9.17, 15) is 4.79 Å². The van der Waals surface area contributed by atoms with Gasteiger partial charge in [0.1, 0.15) is 5.75 Å². The molecule has 0 heterocycles.